The third-order valence-corrected chi connectivity index (χ3v) is 22.0. The molecule has 2 fully saturated rings. The molecule has 3 aliphatic carbocycles. The molecule has 17 nitrogen and oxygen atoms in total. The van der Waals surface area contributed by atoms with E-state index in [1.165, 1.54) is 42.5 Å². The van der Waals surface area contributed by atoms with Gasteiger partial charge in [0, 0.05) is 113 Å². The Morgan fingerprint density at radius 3 is 1.55 bits per heavy atom. The molecule has 7 aromatic carbocycles. The number of carboxylic acids is 2. The summed E-state index contributed by atoms with van der Waals surface area (Å²) in [5.41, 5.74) is 11.5. The first-order valence-corrected chi connectivity index (χ1v) is 36.1. The van der Waals surface area contributed by atoms with Crippen LogP contribution in [0.25, 0.3) is 33.2 Å². The van der Waals surface area contributed by atoms with Gasteiger partial charge in [-0.25, -0.2) is 22.4 Å². The second-order valence-electron chi connectivity index (χ2n) is 26.1. The van der Waals surface area contributed by atoms with Crippen LogP contribution in [0.4, 0.5) is 17.6 Å². The molecule has 11 aromatic rings. The second-order valence-corrected chi connectivity index (χ2v) is 29.0. The summed E-state index contributed by atoms with van der Waals surface area (Å²) in [4.78, 5) is 51.0. The van der Waals surface area contributed by atoms with Gasteiger partial charge in [-0.05, 0) is 148 Å². The molecule has 0 radical (unpaired) electrons. The van der Waals surface area contributed by atoms with Crippen molar-refractivity contribution >= 4 is 92.3 Å². The summed E-state index contributed by atoms with van der Waals surface area (Å²) in [6, 6.07) is 30.0. The van der Waals surface area contributed by atoms with Crippen LogP contribution in [0, 0.1) is 23.3 Å². The van der Waals surface area contributed by atoms with Crippen LogP contribution >= 0.6 is 46.7 Å². The van der Waals surface area contributed by atoms with E-state index >= 15 is 17.6 Å². The van der Waals surface area contributed by atoms with Crippen molar-refractivity contribution in [1.82, 2.24) is 34.0 Å². The maximum atomic E-state index is 15.9. The van der Waals surface area contributed by atoms with Gasteiger partial charge < -0.3 is 54.9 Å². The number of nitrogens with zero attached hydrogens (tertiary/aromatic N) is 6. The number of aryl methyl sites for hydroxylation is 2. The molecule has 1 amide bonds. The number of ether oxygens (including phenoxy) is 1. The van der Waals surface area contributed by atoms with Crippen LogP contribution in [0.1, 0.15) is 165 Å². The van der Waals surface area contributed by atoms with Crippen molar-refractivity contribution in [2.45, 2.75) is 140 Å². The van der Waals surface area contributed by atoms with Gasteiger partial charge in [0.15, 0.2) is 17.2 Å². The molecule has 1 spiro atoms. The number of halogens is 6. The fourth-order valence-corrected chi connectivity index (χ4v) is 16.7. The first kappa shape index (κ1) is 76.1. The van der Waals surface area contributed by atoms with Crippen molar-refractivity contribution in [3.63, 3.8) is 0 Å². The number of benzene rings is 7. The van der Waals surface area contributed by atoms with E-state index in [1.807, 2.05) is 38.3 Å². The van der Waals surface area contributed by atoms with Crippen molar-refractivity contribution in [1.29, 1.82) is 0 Å². The maximum Gasteiger partial charge on any atom is 1.00 e. The predicted octanol–water partition coefficient (Wildman–Crippen LogP) is 8.53. The van der Waals surface area contributed by atoms with Crippen LogP contribution in [-0.4, -0.2) is 75.8 Å². The molecule has 0 unspecified atom stereocenters. The Labute approximate surface area is 658 Å². The van der Waals surface area contributed by atoms with E-state index in [0.29, 0.717) is 80.2 Å². The summed E-state index contributed by atoms with van der Waals surface area (Å²) in [5, 5.41) is 56.6. The standard InChI is InChI=1S/C50H41ClF2N4O7S.C27H27ClF2N4O2S.2Na/c51-40-17-13-35-46(44(40)53)57(45(28-9-10-28)47(35)65-41-7-5-6-34(43(41)52)48(61)62)31-25-55-56(26-31)19-4-2-1-3-18-54-42(60)21-27-8-14-39-36(20-27)49(63)64-50(39)37-15-11-32(58)23-29(37)22-30-24-33(59)12-16-38(30)50;28-20-11-10-19-25(23(20)30)34(17-14-32-33(15-17)13-4-2-1-3-12-31)24(16-8-9-16)26(19)37-21-7-5-6-18(22(21)29)27(35)36;;/h5-8,11-17,20,23-26,28,58-59H,1-4,9-10,18-19,21-22H2,(H,54,60)(H,61,62);5-7,10-11,14-16H,1-4,8-9,12-13,31H2,(H,35,36);;/q;;2*+1/p-2. The number of phenols is 2. The topological polar surface area (TPSA) is 248 Å². The van der Waals surface area contributed by atoms with Gasteiger partial charge in [-0.3, -0.25) is 14.2 Å². The number of nitrogens with two attached hydrogens (primary N) is 1. The van der Waals surface area contributed by atoms with Gasteiger partial charge in [0.2, 0.25) is 5.91 Å². The summed E-state index contributed by atoms with van der Waals surface area (Å²) in [7, 11) is 0. The maximum absolute atomic E-state index is 15.9. The smallest absolute Gasteiger partial charge is 0.545 e. The Bertz CT molecular complexity index is 5130. The first-order chi connectivity index (χ1) is 49.3. The molecular weight excluding hydrogens is 1440 g/mol. The molecule has 0 saturated heterocycles. The minimum Gasteiger partial charge on any atom is -0.545 e. The van der Waals surface area contributed by atoms with Gasteiger partial charge in [-0.2, -0.15) is 10.2 Å². The zero-order valence-electron chi connectivity index (χ0n) is 56.8. The van der Waals surface area contributed by atoms with E-state index in [4.69, 9.17) is 33.7 Å². The number of amides is 1. The Balaban J connectivity index is 0.000000222. The van der Waals surface area contributed by atoms with E-state index in [1.54, 1.807) is 71.7 Å². The molecule has 5 heterocycles. The van der Waals surface area contributed by atoms with Crippen LogP contribution in [0.5, 0.6) is 11.5 Å². The molecule has 524 valence electrons. The van der Waals surface area contributed by atoms with Gasteiger partial charge >= 0.3 is 65.1 Å². The molecule has 0 bridgehead atoms. The summed E-state index contributed by atoms with van der Waals surface area (Å²) in [5.74, 6) is -6.44. The summed E-state index contributed by atoms with van der Waals surface area (Å²) >= 11 is 14.7. The molecule has 104 heavy (non-hydrogen) atoms. The molecule has 4 aliphatic rings. The van der Waals surface area contributed by atoms with Gasteiger partial charge in [-0.1, -0.05) is 121 Å². The number of esters is 1. The number of aromatic carboxylic acids is 2. The monoisotopic (exact) mass is 1500 g/mol. The molecular formula is C77H66Cl2F4N8Na2O9S2. The summed E-state index contributed by atoms with van der Waals surface area (Å²) in [6.45, 7) is 2.50. The average Bonchev–Trinajstić information content (AvgIpc) is 1.18. The van der Waals surface area contributed by atoms with Gasteiger partial charge in [-0.15, -0.1) is 0 Å². The Kier molecular flexibility index (Phi) is 23.6. The summed E-state index contributed by atoms with van der Waals surface area (Å²) in [6.07, 6.45) is 18.5. The second kappa shape index (κ2) is 32.3. The third-order valence-electron chi connectivity index (χ3n) is 19.1. The number of hydrogen-bond acceptors (Lipinski definition) is 14. The fraction of sp³-hybridized carbons (Fsp3) is 0.273. The number of phenolic OH excluding ortho intramolecular Hbond substituents is 2. The number of carboxylic acid groups (broad SMARTS) is 2. The van der Waals surface area contributed by atoms with E-state index in [0.717, 1.165) is 147 Å². The van der Waals surface area contributed by atoms with Crippen molar-refractivity contribution in [2.24, 2.45) is 5.73 Å². The zero-order chi connectivity index (χ0) is 71.3. The Hall–Kier alpha value is -7.52. The number of aromatic hydroxyl groups is 2. The number of hydrogen-bond donors (Lipinski definition) is 4. The number of unbranched alkanes of at least 4 members (excludes halogenated alkanes) is 6. The minimum atomic E-state index is -1.62. The van der Waals surface area contributed by atoms with Crippen LogP contribution < -0.4 is 80.4 Å². The van der Waals surface area contributed by atoms with E-state index in [2.05, 4.69) is 15.5 Å². The number of fused-ring (bicyclic) bond motifs is 8. The van der Waals surface area contributed by atoms with Crippen molar-refractivity contribution < 1.29 is 121 Å². The number of rotatable bonds is 25. The molecule has 4 aromatic heterocycles. The fourth-order valence-electron chi connectivity index (χ4n) is 14.0. The van der Waals surface area contributed by atoms with Gasteiger partial charge in [0.25, 0.3) is 0 Å². The summed E-state index contributed by atoms with van der Waals surface area (Å²) < 4.78 is 75.5. The molecule has 27 heteroatoms. The molecule has 0 atom stereocenters. The molecule has 5 N–H and O–H groups in total. The minimum absolute atomic E-state index is 0. The average molecular weight is 1500 g/mol. The SMILES string of the molecule is NCCCCCCn1cc(-n2c(C3CC3)c(Sc3cccc(C(=O)[O-])c3F)c3ccc(Cl)c(F)c32)cn1.O=C(Cc1ccc2c(c1)C(=O)OC21c2ccc(O)cc2Cc2cc(O)ccc21)NCCCCCCn1cc(-n2c(C3CC3)c(Sc3cccc(C(=O)[O-])c3F)c3ccc(Cl)c(F)c32)cn1.[Na+].[Na+]. The van der Waals surface area contributed by atoms with Crippen LogP contribution in [-0.2, 0) is 41.1 Å². The van der Waals surface area contributed by atoms with Crippen LogP contribution in [0.15, 0.2) is 160 Å². The Morgan fingerprint density at radius 2 is 1.08 bits per heavy atom. The number of carbonyl (C=O) groups excluding carboxylic acids is 4. The first-order valence-electron chi connectivity index (χ1n) is 33.8. The quantitative estimate of drug-likeness (QED) is 0.0181. The third kappa shape index (κ3) is 15.1. The van der Waals surface area contributed by atoms with Crippen molar-refractivity contribution in [3.05, 3.63) is 235 Å². The molecule has 15 rings (SSSR count). The van der Waals surface area contributed by atoms with Crippen molar-refractivity contribution in [2.75, 3.05) is 13.1 Å². The van der Waals surface area contributed by atoms with Crippen LogP contribution in [0.3, 0.4) is 0 Å². The van der Waals surface area contributed by atoms with E-state index in [9.17, 15) is 39.6 Å². The largest absolute Gasteiger partial charge is 1.00 e. The zero-order valence-corrected chi connectivity index (χ0v) is 63.9. The normalized spacial score (nSPS) is 13.9. The van der Waals surface area contributed by atoms with E-state index in [-0.39, 0.29) is 120 Å². The molecule has 2 saturated carbocycles. The Morgan fingerprint density at radius 1 is 0.606 bits per heavy atom. The van der Waals surface area contributed by atoms with Gasteiger partial charge in [0.05, 0.1) is 68.8 Å². The number of nitrogens with one attached hydrogen (secondary N) is 1. The number of carbonyl (C=O) groups is 4. The number of aromatic nitrogens is 6. The van der Waals surface area contributed by atoms with Crippen LogP contribution in [0.2, 0.25) is 10.0 Å². The van der Waals surface area contributed by atoms with Gasteiger partial charge in [0.1, 0.15) is 23.1 Å². The molecule has 1 aliphatic heterocycles. The predicted molar refractivity (Wildman–Crippen MR) is 375 cm³/mol. The van der Waals surface area contributed by atoms with Crippen molar-refractivity contribution in [3.8, 4) is 22.9 Å². The van der Waals surface area contributed by atoms with E-state index < -0.39 is 57.9 Å².